The van der Waals surface area contributed by atoms with Gasteiger partial charge in [0.05, 0.1) is 37.1 Å². The van der Waals surface area contributed by atoms with Crippen LogP contribution < -0.4 is 0 Å². The minimum atomic E-state index is -1.14. The number of nitrogens with zero attached hydrogens (tertiary/aromatic N) is 1. The van der Waals surface area contributed by atoms with Gasteiger partial charge in [0.2, 0.25) is 0 Å². The number of hydrogen-bond donors (Lipinski definition) is 0. The highest BCUT2D eigenvalue weighted by Crippen LogP contribution is 2.37. The predicted octanol–water partition coefficient (Wildman–Crippen LogP) is 3.25. The van der Waals surface area contributed by atoms with E-state index in [9.17, 15) is 13.8 Å². The van der Waals surface area contributed by atoms with Gasteiger partial charge in [0.25, 0.3) is 0 Å². The Bertz CT molecular complexity index is 935. The molecule has 0 bridgehead atoms. The summed E-state index contributed by atoms with van der Waals surface area (Å²) < 4.78 is 23.8. The van der Waals surface area contributed by atoms with Gasteiger partial charge in [-0.05, 0) is 16.5 Å². The number of carbonyl (C=O) groups excluding carboxylic acids is 2. The Hall–Kier alpha value is -2.41. The molecule has 7 heteroatoms. The molecule has 2 aromatic rings. The van der Waals surface area contributed by atoms with Gasteiger partial charge >= 0.3 is 11.9 Å². The maximum atomic E-state index is 12.5. The summed E-state index contributed by atoms with van der Waals surface area (Å²) in [6.45, 7) is 6.36. The second-order valence-electron chi connectivity index (χ2n) is 7.50. The fourth-order valence-corrected chi connectivity index (χ4v) is 4.62. The highest BCUT2D eigenvalue weighted by Gasteiger charge is 2.36. The van der Waals surface area contributed by atoms with Crippen molar-refractivity contribution in [3.8, 4) is 11.3 Å². The molecule has 3 rings (SSSR count). The molecule has 0 amide bonds. The van der Waals surface area contributed by atoms with Gasteiger partial charge in [0.15, 0.2) is 0 Å². The molecule has 1 aliphatic rings. The van der Waals surface area contributed by atoms with Crippen LogP contribution in [0.4, 0.5) is 0 Å². The Kier molecular flexibility index (Phi) is 4.99. The zero-order valence-electron chi connectivity index (χ0n) is 16.1. The highest BCUT2D eigenvalue weighted by atomic mass is 32.2. The van der Waals surface area contributed by atoms with E-state index in [0.29, 0.717) is 11.4 Å². The number of hydrogen-bond acceptors (Lipinski definition) is 5. The quantitative estimate of drug-likeness (QED) is 0.754. The molecule has 1 aromatic carbocycles. The molecule has 1 aromatic heterocycles. The van der Waals surface area contributed by atoms with Crippen LogP contribution in [0, 0.1) is 0 Å². The normalized spacial score (nSPS) is 16.1. The van der Waals surface area contributed by atoms with Crippen LogP contribution in [0.2, 0.25) is 0 Å². The number of ether oxygens (including phenoxy) is 2. The molecule has 0 aliphatic carbocycles. The number of rotatable bonds is 3. The molecule has 6 nitrogen and oxygen atoms in total. The molecule has 0 saturated heterocycles. The monoisotopic (exact) mass is 389 g/mol. The average Bonchev–Trinajstić information content (AvgIpc) is 3.14. The number of carbonyl (C=O) groups is 2. The van der Waals surface area contributed by atoms with Crippen molar-refractivity contribution in [2.45, 2.75) is 37.8 Å². The summed E-state index contributed by atoms with van der Waals surface area (Å²) >= 11 is 0. The average molecular weight is 389 g/mol. The van der Waals surface area contributed by atoms with E-state index in [1.54, 1.807) is 4.57 Å². The summed E-state index contributed by atoms with van der Waals surface area (Å²) in [5, 5.41) is 0. The third-order valence-electron chi connectivity index (χ3n) is 4.75. The van der Waals surface area contributed by atoms with Crippen molar-refractivity contribution in [2.24, 2.45) is 0 Å². The minimum absolute atomic E-state index is 0.0104. The van der Waals surface area contributed by atoms with Gasteiger partial charge in [-0.3, -0.25) is 4.21 Å². The molecule has 27 heavy (non-hydrogen) atoms. The van der Waals surface area contributed by atoms with Crippen molar-refractivity contribution < 1.29 is 23.3 Å². The first-order chi connectivity index (χ1) is 12.7. The number of aromatic nitrogens is 1. The van der Waals surface area contributed by atoms with Crippen LogP contribution in [0.3, 0.4) is 0 Å². The largest absolute Gasteiger partial charge is 0.465 e. The minimum Gasteiger partial charge on any atom is -0.465 e. The zero-order valence-corrected chi connectivity index (χ0v) is 16.9. The van der Waals surface area contributed by atoms with Crippen molar-refractivity contribution >= 4 is 22.7 Å². The summed E-state index contributed by atoms with van der Waals surface area (Å²) in [5.41, 5.74) is 3.31. The third kappa shape index (κ3) is 3.32. The molecule has 0 saturated carbocycles. The molecule has 0 N–H and O–H groups in total. The van der Waals surface area contributed by atoms with E-state index in [-0.39, 0.29) is 28.2 Å². The first kappa shape index (κ1) is 19.4. The van der Waals surface area contributed by atoms with E-state index in [1.807, 2.05) is 24.3 Å². The summed E-state index contributed by atoms with van der Waals surface area (Å²) in [6.07, 6.45) is 0. The molecular weight excluding hydrogens is 366 g/mol. The molecule has 0 fully saturated rings. The number of esters is 2. The second-order valence-corrected chi connectivity index (χ2v) is 8.92. The summed E-state index contributed by atoms with van der Waals surface area (Å²) in [4.78, 5) is 25.0. The molecular formula is C20H23NO5S. The van der Waals surface area contributed by atoms with Gasteiger partial charge in [-0.15, -0.1) is 0 Å². The lowest BCUT2D eigenvalue weighted by Gasteiger charge is -2.19. The van der Waals surface area contributed by atoms with Crippen LogP contribution >= 0.6 is 0 Å². The number of benzene rings is 1. The molecule has 0 unspecified atom stereocenters. The van der Waals surface area contributed by atoms with E-state index in [2.05, 4.69) is 20.8 Å². The van der Waals surface area contributed by atoms with Crippen LogP contribution in [0.15, 0.2) is 24.3 Å². The van der Waals surface area contributed by atoms with E-state index in [1.165, 1.54) is 14.2 Å². The Balaban J connectivity index is 2.27. The van der Waals surface area contributed by atoms with Gasteiger partial charge in [-0.1, -0.05) is 45.0 Å². The van der Waals surface area contributed by atoms with E-state index in [4.69, 9.17) is 9.47 Å². The molecule has 1 atom stereocenters. The van der Waals surface area contributed by atoms with E-state index < -0.39 is 22.7 Å². The SMILES string of the molecule is COC(=O)c1c(C(=O)OC)c(-c2ccc(C(C)(C)C)cc2)n2c1C[S@@](=O)C2. The van der Waals surface area contributed by atoms with Crippen molar-refractivity contribution in [1.29, 1.82) is 0 Å². The second kappa shape index (κ2) is 6.96. The first-order valence-corrected chi connectivity index (χ1v) is 10.1. The lowest BCUT2D eigenvalue weighted by atomic mass is 9.86. The van der Waals surface area contributed by atoms with Crippen molar-refractivity contribution in [3.05, 3.63) is 46.6 Å². The Morgan fingerprint density at radius 2 is 1.56 bits per heavy atom. The van der Waals surface area contributed by atoms with Gasteiger partial charge in [-0.25, -0.2) is 9.59 Å². The van der Waals surface area contributed by atoms with Crippen LogP contribution in [-0.2, 0) is 37.3 Å². The summed E-state index contributed by atoms with van der Waals surface area (Å²) in [7, 11) is 1.40. The van der Waals surface area contributed by atoms with Gasteiger partial charge in [0, 0.05) is 16.5 Å². The maximum Gasteiger partial charge on any atom is 0.340 e. The fraction of sp³-hybridized carbons (Fsp3) is 0.400. The molecule has 0 spiro atoms. The number of fused-ring (bicyclic) bond motifs is 1. The zero-order chi connectivity index (χ0) is 19.9. The lowest BCUT2D eigenvalue weighted by molar-refractivity contribution is 0.0556. The summed E-state index contributed by atoms with van der Waals surface area (Å²) in [5.74, 6) is -0.810. The third-order valence-corrected chi connectivity index (χ3v) is 5.89. The van der Waals surface area contributed by atoms with Gasteiger partial charge in [-0.2, -0.15) is 0 Å². The number of methoxy groups -OCH3 is 2. The molecule has 144 valence electrons. The van der Waals surface area contributed by atoms with Crippen LogP contribution in [0.5, 0.6) is 0 Å². The molecule has 0 radical (unpaired) electrons. The van der Waals surface area contributed by atoms with Crippen LogP contribution in [0.25, 0.3) is 11.3 Å². The Labute approximate surface area is 160 Å². The van der Waals surface area contributed by atoms with Gasteiger partial charge in [0.1, 0.15) is 5.56 Å². The smallest absolute Gasteiger partial charge is 0.340 e. The van der Waals surface area contributed by atoms with E-state index >= 15 is 0 Å². The van der Waals surface area contributed by atoms with E-state index in [0.717, 1.165) is 11.1 Å². The Morgan fingerprint density at radius 3 is 2.07 bits per heavy atom. The maximum absolute atomic E-state index is 12.5. The lowest BCUT2D eigenvalue weighted by Crippen LogP contribution is -2.13. The van der Waals surface area contributed by atoms with Gasteiger partial charge < -0.3 is 14.0 Å². The first-order valence-electron chi connectivity index (χ1n) is 8.57. The van der Waals surface area contributed by atoms with Crippen LogP contribution in [0.1, 0.15) is 52.7 Å². The molecule has 2 heterocycles. The molecule has 1 aliphatic heterocycles. The predicted molar refractivity (Wildman–Crippen MR) is 103 cm³/mol. The standard InChI is InChI=1S/C20H23NO5S/c1-20(2,3)13-8-6-12(7-9-13)17-16(19(23)26-5)15(18(22)25-4)14-10-27(24)11-21(14)17/h6-9H,10-11H2,1-5H3/t27-/m1/s1. The van der Waals surface area contributed by atoms with Crippen molar-refractivity contribution in [1.82, 2.24) is 4.57 Å². The van der Waals surface area contributed by atoms with Crippen molar-refractivity contribution in [3.63, 3.8) is 0 Å². The summed E-state index contributed by atoms with van der Waals surface area (Å²) in [6, 6.07) is 7.83. The van der Waals surface area contributed by atoms with Crippen LogP contribution in [-0.4, -0.2) is 34.9 Å². The highest BCUT2D eigenvalue weighted by molar-refractivity contribution is 7.83. The fourth-order valence-electron chi connectivity index (χ4n) is 3.35. The van der Waals surface area contributed by atoms with Crippen molar-refractivity contribution in [2.75, 3.05) is 14.2 Å². The topological polar surface area (TPSA) is 74.6 Å². The Morgan fingerprint density at radius 1 is 1.00 bits per heavy atom.